The molecule has 0 unspecified atom stereocenters. The molecule has 0 aromatic carbocycles. The molecule has 2 aromatic rings. The summed E-state index contributed by atoms with van der Waals surface area (Å²) in [5.41, 5.74) is 1.87. The minimum atomic E-state index is -0.517. The van der Waals surface area contributed by atoms with Gasteiger partial charge >= 0.3 is 21.1 Å². The summed E-state index contributed by atoms with van der Waals surface area (Å²) in [7, 11) is 0. The summed E-state index contributed by atoms with van der Waals surface area (Å²) in [5.74, 6) is 1.24. The molecule has 29 heavy (non-hydrogen) atoms. The van der Waals surface area contributed by atoms with E-state index < -0.39 is 10.8 Å². The van der Waals surface area contributed by atoms with E-state index in [9.17, 15) is 0 Å². The fourth-order valence-corrected chi connectivity index (χ4v) is 3.00. The average Bonchev–Trinajstić information content (AvgIpc) is 3.42. The van der Waals surface area contributed by atoms with Crippen LogP contribution in [0.5, 0.6) is 0 Å². The maximum Gasteiger partial charge on any atom is 2.00 e. The van der Waals surface area contributed by atoms with E-state index in [4.69, 9.17) is 0 Å². The smallest absolute Gasteiger partial charge is 0.366 e. The Morgan fingerprint density at radius 1 is 0.655 bits per heavy atom. The molecule has 0 N–H and O–H groups in total. The molecule has 0 amide bonds. The Morgan fingerprint density at radius 3 is 1.48 bits per heavy atom. The van der Waals surface area contributed by atoms with Crippen LogP contribution in [0.25, 0.3) is 0 Å². The van der Waals surface area contributed by atoms with E-state index in [2.05, 4.69) is 49.9 Å². The second-order valence-corrected chi connectivity index (χ2v) is 7.69. The molecular weight excluding hydrogens is 551 g/mol. The first kappa shape index (κ1) is 19.4. The monoisotopic (exact) mass is 567 g/mol. The fourth-order valence-electron chi connectivity index (χ4n) is 3.00. The van der Waals surface area contributed by atoms with Gasteiger partial charge in [0, 0.05) is 22.7 Å². The van der Waals surface area contributed by atoms with Crippen LogP contribution in [0.2, 0.25) is 0 Å². The summed E-state index contributed by atoms with van der Waals surface area (Å²) in [5, 5.41) is 0. The van der Waals surface area contributed by atoms with Gasteiger partial charge in [-0.25, -0.2) is 20.0 Å². The molecule has 8 bridgehead atoms. The second-order valence-electron chi connectivity index (χ2n) is 7.69. The quantitative estimate of drug-likeness (QED) is 0.480. The molecule has 0 aliphatic carbocycles. The number of aliphatic imine (C=N–C) groups is 6. The van der Waals surface area contributed by atoms with Crippen LogP contribution in [0, 0.1) is 0 Å². The predicted octanol–water partition coefficient (Wildman–Crippen LogP) is 1.68. The van der Waals surface area contributed by atoms with E-state index in [0.717, 1.165) is 22.8 Å². The van der Waals surface area contributed by atoms with Gasteiger partial charge in [0.15, 0.2) is 11.9 Å². The zero-order valence-electron chi connectivity index (χ0n) is 16.1. The van der Waals surface area contributed by atoms with Crippen LogP contribution in [0.4, 0.5) is 11.9 Å². The van der Waals surface area contributed by atoms with Crippen molar-refractivity contribution < 1.29 is 21.1 Å². The van der Waals surface area contributed by atoms with Crippen molar-refractivity contribution in [2.24, 2.45) is 30.0 Å². The van der Waals surface area contributed by atoms with Crippen LogP contribution in [0.1, 0.15) is 39.1 Å². The van der Waals surface area contributed by atoms with Crippen LogP contribution >= 0.6 is 0 Å². The van der Waals surface area contributed by atoms with Gasteiger partial charge in [-0.15, -0.1) is 0 Å². The van der Waals surface area contributed by atoms with E-state index in [1.807, 2.05) is 27.7 Å². The number of imidazole rings is 2. The molecule has 2 aromatic heterocycles. The van der Waals surface area contributed by atoms with E-state index in [1.165, 1.54) is 0 Å². The maximum atomic E-state index is 4.53. The summed E-state index contributed by atoms with van der Waals surface area (Å²) in [4.78, 5) is 44.0. The number of aromatic nitrogens is 4. The number of guanidine groups is 2. The number of hydrogen-bond donors (Lipinski definition) is 0. The van der Waals surface area contributed by atoms with Crippen molar-refractivity contribution in [1.82, 2.24) is 19.9 Å². The minimum Gasteiger partial charge on any atom is -0.366 e. The maximum absolute atomic E-state index is 4.53. The zero-order chi connectivity index (χ0) is 19.5. The van der Waals surface area contributed by atoms with Gasteiger partial charge < -0.3 is 29.9 Å². The summed E-state index contributed by atoms with van der Waals surface area (Å²) < 4.78 is 0. The van der Waals surface area contributed by atoms with Crippen molar-refractivity contribution in [3.8, 4) is 0 Å². The first-order chi connectivity index (χ1) is 13.3. The Labute approximate surface area is 180 Å². The second kappa shape index (κ2) is 6.59. The normalized spacial score (nSPS) is 24.1. The van der Waals surface area contributed by atoms with E-state index in [1.54, 1.807) is 24.8 Å². The van der Waals surface area contributed by atoms with Crippen molar-refractivity contribution in [1.29, 1.82) is 0 Å². The Hall–Kier alpha value is -2.87. The molecule has 0 fully saturated rings. The summed E-state index contributed by atoms with van der Waals surface area (Å²) >= 11 is 0. The molecule has 5 rings (SSSR count). The van der Waals surface area contributed by atoms with Crippen LogP contribution in [0.3, 0.4) is 0 Å². The first-order valence-electron chi connectivity index (χ1n) is 8.77. The third kappa shape index (κ3) is 3.17. The van der Waals surface area contributed by atoms with Gasteiger partial charge in [-0.05, 0) is 51.5 Å². The fraction of sp³-hybridized carbons (Fsp3) is 0.333. The Balaban J connectivity index is 0.00000205. The molecule has 11 heteroatoms. The number of fused-ring (bicyclic) bond motifs is 6. The number of rotatable bonds is 0. The van der Waals surface area contributed by atoms with Crippen molar-refractivity contribution in [2.75, 3.05) is 0 Å². The summed E-state index contributed by atoms with van der Waals surface area (Å²) in [6.45, 7) is 7.98. The third-order valence-corrected chi connectivity index (χ3v) is 5.05. The van der Waals surface area contributed by atoms with Crippen molar-refractivity contribution in [3.63, 3.8) is 0 Å². The van der Waals surface area contributed by atoms with Crippen LogP contribution < -0.4 is 9.97 Å². The van der Waals surface area contributed by atoms with Gasteiger partial charge in [0.2, 0.25) is 0 Å². The van der Waals surface area contributed by atoms with Crippen LogP contribution in [0.15, 0.2) is 42.3 Å². The predicted molar refractivity (Wildman–Crippen MR) is 107 cm³/mol. The molecule has 0 spiro atoms. The van der Waals surface area contributed by atoms with Gasteiger partial charge in [0.05, 0.1) is 23.9 Å². The van der Waals surface area contributed by atoms with Gasteiger partial charge in [-0.3, -0.25) is 0 Å². The van der Waals surface area contributed by atoms with E-state index in [0.29, 0.717) is 23.8 Å². The zero-order valence-corrected chi connectivity index (χ0v) is 18.4. The van der Waals surface area contributed by atoms with Gasteiger partial charge in [-0.2, -0.15) is 0 Å². The van der Waals surface area contributed by atoms with E-state index in [-0.39, 0.29) is 21.1 Å². The number of hydrogen-bond acceptors (Lipinski definition) is 8. The third-order valence-electron chi connectivity index (χ3n) is 5.05. The number of nitrogens with zero attached hydrogens (tertiary/aromatic N) is 10. The Bertz CT molecular complexity index is 1080. The molecule has 0 atom stereocenters. The standard InChI is InChI=1S/C18H16N10.Pt/c1-17(2)9-5-19-13(23-9)27-15-21-7-11(25-15)18(3,4)12-8-22-16(26-12)28-14-20-6-10(17)24-14;/h5-8H,1-4H3;/q-2;+2/b27-13-,28-16-;. The van der Waals surface area contributed by atoms with Crippen molar-refractivity contribution in [2.45, 2.75) is 38.5 Å². The summed E-state index contributed by atoms with van der Waals surface area (Å²) in [6.07, 6.45) is 6.73. The van der Waals surface area contributed by atoms with Gasteiger partial charge in [0.1, 0.15) is 0 Å². The first-order valence-corrected chi connectivity index (χ1v) is 8.77. The SMILES string of the molecule is CC1(C)C2=N/C(=N\c3ncc([n-]3)C(C)(C)C3=N/C(=N\c4ncc1[n-]4)N=C3)N=C2.[Pt+2]. The van der Waals surface area contributed by atoms with Crippen LogP contribution in [-0.4, -0.2) is 45.7 Å². The van der Waals surface area contributed by atoms with Crippen LogP contribution in [-0.2, 0) is 31.9 Å². The van der Waals surface area contributed by atoms with Crippen molar-refractivity contribution in [3.05, 3.63) is 23.8 Å². The minimum absolute atomic E-state index is 0. The molecule has 0 saturated carbocycles. The average molecular weight is 567 g/mol. The summed E-state index contributed by atoms with van der Waals surface area (Å²) in [6, 6.07) is 0. The van der Waals surface area contributed by atoms with Gasteiger partial charge in [0.25, 0.3) is 0 Å². The molecule has 148 valence electrons. The molecule has 0 radical (unpaired) electrons. The van der Waals surface area contributed by atoms with Gasteiger partial charge in [-0.1, -0.05) is 0 Å². The molecule has 3 aliphatic rings. The molecular formula is C18H16N10Pt. The topological polar surface area (TPSA) is 128 Å². The molecule has 5 heterocycles. The Kier molecular flexibility index (Phi) is 4.42. The Morgan fingerprint density at radius 2 is 1.07 bits per heavy atom. The van der Waals surface area contributed by atoms with E-state index >= 15 is 0 Å². The molecule has 3 aliphatic heterocycles. The largest absolute Gasteiger partial charge is 2.00 e. The molecule has 0 saturated heterocycles. The van der Waals surface area contributed by atoms with Crippen molar-refractivity contribution >= 4 is 47.7 Å². The molecule has 10 nitrogen and oxygen atoms in total.